The third-order valence-corrected chi connectivity index (χ3v) is 3.48. The molecule has 4 nitrogen and oxygen atoms in total. The molecule has 0 atom stereocenters. The SMILES string of the molecule is CCn1nc(-c2ccc(F)cc2)cc1C(=O)Nc1ccccc1. The molecule has 0 saturated heterocycles. The lowest BCUT2D eigenvalue weighted by Gasteiger charge is -2.06. The van der Waals surface area contributed by atoms with Crippen molar-refractivity contribution in [3.05, 3.63) is 72.2 Å². The van der Waals surface area contributed by atoms with E-state index in [1.807, 2.05) is 37.3 Å². The summed E-state index contributed by atoms with van der Waals surface area (Å²) in [5, 5.41) is 7.27. The van der Waals surface area contributed by atoms with Gasteiger partial charge in [-0.2, -0.15) is 5.10 Å². The molecule has 0 bridgehead atoms. The summed E-state index contributed by atoms with van der Waals surface area (Å²) in [4.78, 5) is 12.5. The van der Waals surface area contributed by atoms with E-state index in [0.29, 0.717) is 17.9 Å². The number of nitrogens with zero attached hydrogens (tertiary/aromatic N) is 2. The Labute approximate surface area is 133 Å². The van der Waals surface area contributed by atoms with Crippen molar-refractivity contribution in [3.8, 4) is 11.3 Å². The lowest BCUT2D eigenvalue weighted by molar-refractivity contribution is 0.101. The minimum absolute atomic E-state index is 0.223. The van der Waals surface area contributed by atoms with Crippen molar-refractivity contribution >= 4 is 11.6 Å². The first kappa shape index (κ1) is 15.0. The van der Waals surface area contributed by atoms with Crippen LogP contribution >= 0.6 is 0 Å². The van der Waals surface area contributed by atoms with Gasteiger partial charge in [-0.05, 0) is 49.4 Å². The lowest BCUT2D eigenvalue weighted by Crippen LogP contribution is -2.17. The number of hydrogen-bond donors (Lipinski definition) is 1. The average Bonchev–Trinajstić information content (AvgIpc) is 3.01. The van der Waals surface area contributed by atoms with Crippen molar-refractivity contribution in [2.75, 3.05) is 5.32 Å². The molecule has 0 fully saturated rings. The van der Waals surface area contributed by atoms with Crippen molar-refractivity contribution in [2.24, 2.45) is 0 Å². The fourth-order valence-electron chi connectivity index (χ4n) is 2.32. The van der Waals surface area contributed by atoms with Gasteiger partial charge in [-0.25, -0.2) is 4.39 Å². The number of carbonyl (C=O) groups is 1. The van der Waals surface area contributed by atoms with E-state index in [1.54, 1.807) is 22.9 Å². The summed E-state index contributed by atoms with van der Waals surface area (Å²) >= 11 is 0. The Balaban J connectivity index is 1.90. The van der Waals surface area contributed by atoms with Gasteiger partial charge in [-0.15, -0.1) is 0 Å². The highest BCUT2D eigenvalue weighted by atomic mass is 19.1. The third kappa shape index (κ3) is 3.29. The fourth-order valence-corrected chi connectivity index (χ4v) is 2.32. The second kappa shape index (κ2) is 6.44. The van der Waals surface area contributed by atoms with Crippen LogP contribution in [0.2, 0.25) is 0 Å². The zero-order valence-electron chi connectivity index (χ0n) is 12.7. The van der Waals surface area contributed by atoms with Gasteiger partial charge in [0.25, 0.3) is 5.91 Å². The smallest absolute Gasteiger partial charge is 0.273 e. The van der Waals surface area contributed by atoms with Gasteiger partial charge < -0.3 is 5.32 Å². The Hall–Kier alpha value is -2.95. The summed E-state index contributed by atoms with van der Waals surface area (Å²) in [6, 6.07) is 17.0. The first-order valence-electron chi connectivity index (χ1n) is 7.37. The van der Waals surface area contributed by atoms with Crippen molar-refractivity contribution in [3.63, 3.8) is 0 Å². The molecule has 0 unspecified atom stereocenters. The minimum atomic E-state index is -0.300. The van der Waals surface area contributed by atoms with Gasteiger partial charge >= 0.3 is 0 Å². The number of carbonyl (C=O) groups excluding carboxylic acids is 1. The molecule has 0 aliphatic rings. The summed E-state index contributed by atoms with van der Waals surface area (Å²) in [5.74, 6) is -0.523. The number of halogens is 1. The summed E-state index contributed by atoms with van der Waals surface area (Å²) in [6.45, 7) is 2.49. The summed E-state index contributed by atoms with van der Waals surface area (Å²) in [6.07, 6.45) is 0. The maximum absolute atomic E-state index is 13.0. The molecule has 0 aliphatic carbocycles. The summed E-state index contributed by atoms with van der Waals surface area (Å²) < 4.78 is 14.7. The quantitative estimate of drug-likeness (QED) is 0.793. The summed E-state index contributed by atoms with van der Waals surface area (Å²) in [5.41, 5.74) is 2.61. The highest BCUT2D eigenvalue weighted by Crippen LogP contribution is 2.20. The van der Waals surface area contributed by atoms with Crippen LogP contribution in [0.3, 0.4) is 0 Å². The van der Waals surface area contributed by atoms with Crippen LogP contribution in [0.4, 0.5) is 10.1 Å². The predicted molar refractivity (Wildman–Crippen MR) is 87.7 cm³/mol. The van der Waals surface area contributed by atoms with E-state index in [-0.39, 0.29) is 11.7 Å². The Morgan fingerprint density at radius 3 is 2.48 bits per heavy atom. The van der Waals surface area contributed by atoms with Gasteiger partial charge in [-0.1, -0.05) is 18.2 Å². The highest BCUT2D eigenvalue weighted by molar-refractivity contribution is 6.03. The zero-order valence-corrected chi connectivity index (χ0v) is 12.7. The maximum Gasteiger partial charge on any atom is 0.273 e. The molecule has 2 aromatic carbocycles. The Bertz CT molecular complexity index is 810. The number of anilines is 1. The molecule has 23 heavy (non-hydrogen) atoms. The summed E-state index contributed by atoms with van der Waals surface area (Å²) in [7, 11) is 0. The van der Waals surface area contributed by atoms with E-state index in [4.69, 9.17) is 0 Å². The molecule has 1 heterocycles. The molecule has 1 aromatic heterocycles. The second-order valence-electron chi connectivity index (χ2n) is 5.06. The average molecular weight is 309 g/mol. The van der Waals surface area contributed by atoms with Gasteiger partial charge in [0.1, 0.15) is 11.5 Å². The van der Waals surface area contributed by atoms with Crippen molar-refractivity contribution < 1.29 is 9.18 Å². The van der Waals surface area contributed by atoms with Gasteiger partial charge in [-0.3, -0.25) is 9.48 Å². The monoisotopic (exact) mass is 309 g/mol. The fraction of sp³-hybridized carbons (Fsp3) is 0.111. The molecule has 0 radical (unpaired) electrons. The van der Waals surface area contributed by atoms with E-state index in [0.717, 1.165) is 11.3 Å². The van der Waals surface area contributed by atoms with Crippen LogP contribution in [0.5, 0.6) is 0 Å². The largest absolute Gasteiger partial charge is 0.321 e. The number of rotatable bonds is 4. The zero-order chi connectivity index (χ0) is 16.2. The molecule has 1 N–H and O–H groups in total. The maximum atomic E-state index is 13.0. The number of amides is 1. The number of aryl methyl sites for hydroxylation is 1. The number of para-hydroxylation sites is 1. The molecular weight excluding hydrogens is 293 g/mol. The third-order valence-electron chi connectivity index (χ3n) is 3.48. The van der Waals surface area contributed by atoms with E-state index >= 15 is 0 Å². The molecule has 116 valence electrons. The van der Waals surface area contributed by atoms with E-state index in [1.165, 1.54) is 12.1 Å². The van der Waals surface area contributed by atoms with Crippen molar-refractivity contribution in [1.29, 1.82) is 0 Å². The van der Waals surface area contributed by atoms with Crippen molar-refractivity contribution in [1.82, 2.24) is 9.78 Å². The molecule has 5 heteroatoms. The molecule has 3 aromatic rings. The normalized spacial score (nSPS) is 10.5. The van der Waals surface area contributed by atoms with Gasteiger partial charge in [0.15, 0.2) is 0 Å². The van der Waals surface area contributed by atoms with Crippen LogP contribution in [-0.4, -0.2) is 15.7 Å². The van der Waals surface area contributed by atoms with E-state index < -0.39 is 0 Å². The Morgan fingerprint density at radius 1 is 1.13 bits per heavy atom. The van der Waals surface area contributed by atoms with E-state index in [9.17, 15) is 9.18 Å². The molecule has 0 spiro atoms. The van der Waals surface area contributed by atoms with Gasteiger partial charge in [0.2, 0.25) is 0 Å². The number of hydrogen-bond acceptors (Lipinski definition) is 2. The van der Waals surface area contributed by atoms with Gasteiger partial charge in [0, 0.05) is 17.8 Å². The number of benzene rings is 2. The Morgan fingerprint density at radius 2 is 1.83 bits per heavy atom. The second-order valence-corrected chi connectivity index (χ2v) is 5.06. The molecular formula is C18H16FN3O. The molecule has 0 saturated carbocycles. The standard InChI is InChI=1S/C18H16FN3O/c1-2-22-17(18(23)20-15-6-4-3-5-7-15)12-16(21-22)13-8-10-14(19)11-9-13/h3-12H,2H2,1H3,(H,20,23). The molecule has 0 aliphatic heterocycles. The Kier molecular flexibility index (Phi) is 4.19. The highest BCUT2D eigenvalue weighted by Gasteiger charge is 2.15. The number of aromatic nitrogens is 2. The van der Waals surface area contributed by atoms with Gasteiger partial charge in [0.05, 0.1) is 5.69 Å². The minimum Gasteiger partial charge on any atom is -0.321 e. The molecule has 1 amide bonds. The van der Waals surface area contributed by atoms with Crippen LogP contribution in [0, 0.1) is 5.82 Å². The van der Waals surface area contributed by atoms with Crippen molar-refractivity contribution in [2.45, 2.75) is 13.5 Å². The molecule has 3 rings (SSSR count). The lowest BCUT2D eigenvalue weighted by atomic mass is 10.1. The van der Waals surface area contributed by atoms with Crippen LogP contribution in [0.1, 0.15) is 17.4 Å². The number of nitrogens with one attached hydrogen (secondary N) is 1. The van der Waals surface area contributed by atoms with E-state index in [2.05, 4.69) is 10.4 Å². The van der Waals surface area contributed by atoms with Crippen LogP contribution in [0.25, 0.3) is 11.3 Å². The first-order chi connectivity index (χ1) is 11.2. The van der Waals surface area contributed by atoms with Crippen LogP contribution < -0.4 is 5.32 Å². The topological polar surface area (TPSA) is 46.9 Å². The first-order valence-corrected chi connectivity index (χ1v) is 7.37. The van der Waals surface area contributed by atoms with Crippen LogP contribution in [0.15, 0.2) is 60.7 Å². The predicted octanol–water partition coefficient (Wildman–Crippen LogP) is 3.96. The van der Waals surface area contributed by atoms with Crippen LogP contribution in [-0.2, 0) is 6.54 Å².